The molecule has 9 heteroatoms. The molecule has 4 aliphatic rings. The normalized spacial score (nSPS) is 25.2. The number of halogens is 1. The quantitative estimate of drug-likeness (QED) is 0.569. The molecule has 3 aliphatic heterocycles. The van der Waals surface area contributed by atoms with E-state index >= 15 is 0 Å². The summed E-state index contributed by atoms with van der Waals surface area (Å²) in [5.74, 6) is 0.216. The molecule has 1 aliphatic carbocycles. The van der Waals surface area contributed by atoms with Gasteiger partial charge < -0.3 is 4.74 Å². The van der Waals surface area contributed by atoms with Crippen molar-refractivity contribution in [1.82, 2.24) is 19.9 Å². The van der Waals surface area contributed by atoms with Crippen LogP contribution in [0.5, 0.6) is 5.75 Å². The smallest absolute Gasteiger partial charge is 0.273 e. The largest absolute Gasteiger partial charge is 0.489 e. The number of carbonyl (C=O) groups is 3. The van der Waals surface area contributed by atoms with Crippen LogP contribution in [0.4, 0.5) is 0 Å². The van der Waals surface area contributed by atoms with E-state index in [4.69, 9.17) is 16.3 Å². The molecule has 0 radical (unpaired) electrons. The molecule has 4 heterocycles. The third-order valence-corrected chi connectivity index (χ3v) is 8.25. The number of hydrogen-bond donors (Lipinski definition) is 0. The van der Waals surface area contributed by atoms with Gasteiger partial charge in [-0.1, -0.05) is 18.0 Å². The van der Waals surface area contributed by atoms with Crippen LogP contribution in [-0.4, -0.2) is 62.9 Å². The molecule has 3 fully saturated rings. The Kier molecular flexibility index (Phi) is 6.17. The first-order valence-corrected chi connectivity index (χ1v) is 13.2. The lowest BCUT2D eigenvalue weighted by Gasteiger charge is -2.48. The van der Waals surface area contributed by atoms with Gasteiger partial charge in [-0.2, -0.15) is 5.01 Å². The minimum atomic E-state index is -0.310. The predicted molar refractivity (Wildman–Crippen MR) is 132 cm³/mol. The number of aromatic nitrogens is 1. The summed E-state index contributed by atoms with van der Waals surface area (Å²) < 4.78 is 6.52. The van der Waals surface area contributed by atoms with Crippen LogP contribution in [0.25, 0.3) is 0 Å². The zero-order chi connectivity index (χ0) is 24.8. The molecule has 188 valence electrons. The molecule has 1 saturated carbocycles. The van der Waals surface area contributed by atoms with Crippen molar-refractivity contribution in [3.63, 3.8) is 0 Å². The van der Waals surface area contributed by atoms with E-state index in [1.807, 2.05) is 18.2 Å². The summed E-state index contributed by atoms with van der Waals surface area (Å²) >= 11 is 6.36. The van der Waals surface area contributed by atoms with Crippen LogP contribution in [0.15, 0.2) is 36.7 Å². The first-order valence-electron chi connectivity index (χ1n) is 12.8. The number of fused-ring (bicyclic) bond motifs is 1. The Hall–Kier alpha value is -2.97. The van der Waals surface area contributed by atoms with Crippen molar-refractivity contribution in [2.24, 2.45) is 0 Å². The standard InChI is InChI=1S/C27H29ClN4O4/c28-22-13-29-11-10-20(22)18-14-30(15-18)23-4-1-2-5-24(23)36-19-8-9-21-17(12-19)16-31(27(21)35)32-25(33)6-3-7-26(32)34/h8-13,18,23-24H,1-7,14-16H2/t23-,24+/m0/s1. The van der Waals surface area contributed by atoms with E-state index in [0.29, 0.717) is 23.9 Å². The van der Waals surface area contributed by atoms with Crippen molar-refractivity contribution in [2.75, 3.05) is 13.1 Å². The molecular weight excluding hydrogens is 480 g/mol. The van der Waals surface area contributed by atoms with E-state index in [-0.39, 0.29) is 43.2 Å². The Balaban J connectivity index is 1.14. The van der Waals surface area contributed by atoms with E-state index in [9.17, 15) is 14.4 Å². The summed E-state index contributed by atoms with van der Waals surface area (Å²) in [7, 11) is 0. The van der Waals surface area contributed by atoms with Gasteiger partial charge in [0.15, 0.2) is 0 Å². The summed E-state index contributed by atoms with van der Waals surface area (Å²) in [6, 6.07) is 7.84. The number of hydrogen-bond acceptors (Lipinski definition) is 6. The molecule has 2 aromatic rings. The van der Waals surface area contributed by atoms with Gasteiger partial charge in [-0.05, 0) is 61.1 Å². The molecule has 6 rings (SSSR count). The lowest BCUT2D eigenvalue weighted by atomic mass is 9.84. The Morgan fingerprint density at radius 3 is 2.53 bits per heavy atom. The molecule has 3 amide bonds. The number of nitrogens with zero attached hydrogens (tertiary/aromatic N) is 4. The maximum Gasteiger partial charge on any atom is 0.273 e. The zero-order valence-corrected chi connectivity index (χ0v) is 20.8. The van der Waals surface area contributed by atoms with Gasteiger partial charge in [-0.15, -0.1) is 0 Å². The molecule has 36 heavy (non-hydrogen) atoms. The maximum atomic E-state index is 13.0. The summed E-state index contributed by atoms with van der Waals surface area (Å²) in [6.45, 7) is 2.12. The van der Waals surface area contributed by atoms with E-state index in [1.54, 1.807) is 18.5 Å². The summed E-state index contributed by atoms with van der Waals surface area (Å²) in [6.07, 6.45) is 9.09. The third-order valence-electron chi connectivity index (χ3n) is 7.93. The van der Waals surface area contributed by atoms with Gasteiger partial charge in [0.2, 0.25) is 11.8 Å². The Labute approximate surface area is 215 Å². The number of pyridine rings is 1. The fourth-order valence-electron chi connectivity index (χ4n) is 6.03. The van der Waals surface area contributed by atoms with Crippen LogP contribution >= 0.6 is 11.6 Å². The van der Waals surface area contributed by atoms with E-state index < -0.39 is 0 Å². The van der Waals surface area contributed by atoms with Crippen LogP contribution in [0, 0.1) is 0 Å². The van der Waals surface area contributed by atoms with Crippen LogP contribution in [0.1, 0.15) is 72.3 Å². The SMILES string of the molecule is O=C1c2ccc(O[C@@H]3CCCC[C@@H]3N3CC(c4ccncc4Cl)C3)cc2CN1N1C(=O)CCCC1=O. The number of ether oxygens (including phenoxy) is 1. The van der Waals surface area contributed by atoms with Crippen molar-refractivity contribution in [1.29, 1.82) is 0 Å². The van der Waals surface area contributed by atoms with Crippen LogP contribution in [0.3, 0.4) is 0 Å². The van der Waals surface area contributed by atoms with E-state index in [2.05, 4.69) is 9.88 Å². The second-order valence-electron chi connectivity index (χ2n) is 10.2. The zero-order valence-electron chi connectivity index (χ0n) is 20.1. The van der Waals surface area contributed by atoms with Crippen LogP contribution in [-0.2, 0) is 16.1 Å². The van der Waals surface area contributed by atoms with Crippen molar-refractivity contribution in [3.8, 4) is 5.75 Å². The molecule has 0 spiro atoms. The van der Waals surface area contributed by atoms with Gasteiger partial charge in [0.25, 0.3) is 5.91 Å². The number of hydrazine groups is 1. The second kappa shape index (κ2) is 9.48. The molecule has 2 atom stereocenters. The van der Waals surface area contributed by atoms with Gasteiger partial charge in [0, 0.05) is 55.8 Å². The van der Waals surface area contributed by atoms with Crippen molar-refractivity contribution in [3.05, 3.63) is 58.4 Å². The Bertz CT molecular complexity index is 1200. The number of amides is 3. The summed E-state index contributed by atoms with van der Waals surface area (Å²) in [5.41, 5.74) is 2.47. The van der Waals surface area contributed by atoms with Gasteiger partial charge in [-0.3, -0.25) is 24.3 Å². The lowest BCUT2D eigenvalue weighted by Crippen LogP contribution is -2.57. The highest BCUT2D eigenvalue weighted by Crippen LogP contribution is 2.38. The highest BCUT2D eigenvalue weighted by Gasteiger charge is 2.41. The third kappa shape index (κ3) is 4.16. The summed E-state index contributed by atoms with van der Waals surface area (Å²) in [5, 5.41) is 3.05. The van der Waals surface area contributed by atoms with Crippen molar-refractivity contribution < 1.29 is 19.1 Å². The first-order chi connectivity index (χ1) is 17.5. The number of benzene rings is 1. The number of piperidine rings is 1. The molecule has 2 saturated heterocycles. The molecule has 1 aromatic carbocycles. The number of likely N-dealkylation sites (tertiary alicyclic amines) is 1. The van der Waals surface area contributed by atoms with Crippen LogP contribution < -0.4 is 4.74 Å². The van der Waals surface area contributed by atoms with Crippen LogP contribution in [0.2, 0.25) is 5.02 Å². The van der Waals surface area contributed by atoms with Gasteiger partial charge in [0.05, 0.1) is 11.6 Å². The number of imide groups is 1. The second-order valence-corrected chi connectivity index (χ2v) is 10.6. The van der Waals surface area contributed by atoms with E-state index in [0.717, 1.165) is 59.3 Å². The molecule has 0 bridgehead atoms. The average Bonchev–Trinajstić information content (AvgIpc) is 3.15. The molecule has 0 N–H and O–H groups in total. The monoisotopic (exact) mass is 508 g/mol. The topological polar surface area (TPSA) is 83.1 Å². The van der Waals surface area contributed by atoms with Gasteiger partial charge in [0.1, 0.15) is 11.9 Å². The van der Waals surface area contributed by atoms with Gasteiger partial charge >= 0.3 is 0 Å². The molecule has 0 unspecified atom stereocenters. The minimum Gasteiger partial charge on any atom is -0.489 e. The van der Waals surface area contributed by atoms with E-state index in [1.165, 1.54) is 11.4 Å². The predicted octanol–water partition coefficient (Wildman–Crippen LogP) is 3.93. The first kappa shape index (κ1) is 23.4. The fraction of sp³-hybridized carbons (Fsp3) is 0.481. The molecular formula is C27H29ClN4O4. The summed E-state index contributed by atoms with van der Waals surface area (Å²) in [4.78, 5) is 44.3. The maximum absolute atomic E-state index is 13.0. The average molecular weight is 509 g/mol. The Morgan fingerprint density at radius 1 is 0.972 bits per heavy atom. The number of carbonyl (C=O) groups excluding carboxylic acids is 3. The van der Waals surface area contributed by atoms with Crippen molar-refractivity contribution in [2.45, 2.75) is 69.6 Å². The highest BCUT2D eigenvalue weighted by molar-refractivity contribution is 6.31. The molecule has 8 nitrogen and oxygen atoms in total. The Morgan fingerprint density at radius 2 is 1.75 bits per heavy atom. The fourth-order valence-corrected chi connectivity index (χ4v) is 6.31. The van der Waals surface area contributed by atoms with Gasteiger partial charge in [-0.25, -0.2) is 5.01 Å². The van der Waals surface area contributed by atoms with Crippen molar-refractivity contribution >= 4 is 29.3 Å². The minimum absolute atomic E-state index is 0.0733. The number of rotatable bonds is 5. The lowest BCUT2D eigenvalue weighted by molar-refractivity contribution is -0.163. The highest BCUT2D eigenvalue weighted by atomic mass is 35.5. The molecule has 1 aromatic heterocycles.